The third kappa shape index (κ3) is 4.87. The second-order valence-electron chi connectivity index (χ2n) is 5.05. The second-order valence-corrected chi connectivity index (χ2v) is 5.48. The molecule has 3 rings (SSSR count). The Bertz CT molecular complexity index is 929. The van der Waals surface area contributed by atoms with E-state index in [2.05, 4.69) is 15.3 Å². The summed E-state index contributed by atoms with van der Waals surface area (Å²) in [6, 6.07) is 10.7. The fraction of sp³-hybridized carbons (Fsp3) is 0.125. The first-order valence-electron chi connectivity index (χ1n) is 7.10. The van der Waals surface area contributed by atoms with Crippen LogP contribution in [0.3, 0.4) is 0 Å². The minimum atomic E-state index is -1.10. The summed E-state index contributed by atoms with van der Waals surface area (Å²) >= 11 is 6.04. The summed E-state index contributed by atoms with van der Waals surface area (Å²) in [6.45, 7) is -0.534. The van der Waals surface area contributed by atoms with Gasteiger partial charge >= 0.3 is 5.97 Å². The molecule has 0 aliphatic heterocycles. The Morgan fingerprint density at radius 3 is 2.76 bits per heavy atom. The molecule has 1 aromatic carbocycles. The zero-order valence-electron chi connectivity index (χ0n) is 13.4. The molecule has 0 spiro atoms. The number of amides is 1. The molecule has 0 saturated heterocycles. The van der Waals surface area contributed by atoms with Crippen molar-refractivity contribution in [2.75, 3.05) is 6.54 Å². The average Bonchev–Trinajstić information content (AvgIpc) is 2.92. The number of carbonyl (C=O) groups is 2. The van der Waals surface area contributed by atoms with E-state index in [0.29, 0.717) is 22.0 Å². The van der Waals surface area contributed by atoms with Crippen molar-refractivity contribution in [3.63, 3.8) is 0 Å². The van der Waals surface area contributed by atoms with E-state index < -0.39 is 18.4 Å². The van der Waals surface area contributed by atoms with Crippen molar-refractivity contribution in [1.82, 2.24) is 19.9 Å². The summed E-state index contributed by atoms with van der Waals surface area (Å²) in [4.78, 5) is 31.4. The maximum absolute atomic E-state index is 12.0. The van der Waals surface area contributed by atoms with Gasteiger partial charge in [0.2, 0.25) is 5.91 Å². The minimum absolute atomic E-state index is 0. The van der Waals surface area contributed by atoms with E-state index in [1.165, 1.54) is 0 Å². The Morgan fingerprint density at radius 1 is 1.24 bits per heavy atom. The molecule has 7 nitrogen and oxygen atoms in total. The summed E-state index contributed by atoms with van der Waals surface area (Å²) in [5, 5.41) is 11.5. The van der Waals surface area contributed by atoms with E-state index in [1.54, 1.807) is 41.1 Å². The van der Waals surface area contributed by atoms with Crippen molar-refractivity contribution in [3.8, 4) is 11.4 Å². The van der Waals surface area contributed by atoms with E-state index in [-0.39, 0.29) is 57.9 Å². The number of fused-ring (bicyclic) bond motifs is 1. The van der Waals surface area contributed by atoms with Crippen LogP contribution in [-0.2, 0) is 16.1 Å². The Hall–Kier alpha value is -1.29. The average molecular weight is 384 g/mol. The van der Waals surface area contributed by atoms with Gasteiger partial charge in [-0.1, -0.05) is 23.7 Å². The molecule has 1 radical (unpaired) electrons. The molecule has 0 unspecified atom stereocenters. The van der Waals surface area contributed by atoms with Gasteiger partial charge in [-0.05, 0) is 24.3 Å². The van der Waals surface area contributed by atoms with Gasteiger partial charge in [0.25, 0.3) is 0 Å². The molecule has 2 N–H and O–H groups in total. The number of nitrogens with zero attached hydrogens (tertiary/aromatic N) is 3. The fourth-order valence-corrected chi connectivity index (χ4v) is 2.52. The molecule has 3 aromatic rings. The van der Waals surface area contributed by atoms with Gasteiger partial charge in [-0.2, -0.15) is 0 Å². The number of aliphatic carboxylic acids is 1. The number of benzene rings is 1. The predicted octanol–water partition coefficient (Wildman–Crippen LogP) is 1.57. The van der Waals surface area contributed by atoms with Crippen LogP contribution in [0.1, 0.15) is 0 Å². The summed E-state index contributed by atoms with van der Waals surface area (Å²) in [5.74, 6) is -1.01. The third-order valence-electron chi connectivity index (χ3n) is 3.33. The van der Waals surface area contributed by atoms with Crippen molar-refractivity contribution in [3.05, 3.63) is 47.6 Å². The number of aromatic nitrogens is 3. The van der Waals surface area contributed by atoms with E-state index in [9.17, 15) is 9.59 Å². The van der Waals surface area contributed by atoms with Gasteiger partial charge in [0.05, 0.1) is 0 Å². The molecule has 0 bridgehead atoms. The molecule has 123 valence electrons. The van der Waals surface area contributed by atoms with Gasteiger partial charge in [-0.25, -0.2) is 9.97 Å². The number of rotatable bonds is 5. The number of imidazole rings is 1. The molecule has 9 heteroatoms. The quantitative estimate of drug-likeness (QED) is 0.652. The number of hydrogen-bond acceptors (Lipinski definition) is 4. The van der Waals surface area contributed by atoms with Crippen molar-refractivity contribution in [1.29, 1.82) is 0 Å². The summed E-state index contributed by atoms with van der Waals surface area (Å²) in [7, 11) is 0. The fourth-order valence-electron chi connectivity index (χ4n) is 2.33. The van der Waals surface area contributed by atoms with Crippen molar-refractivity contribution < 1.29 is 14.7 Å². The van der Waals surface area contributed by atoms with Crippen LogP contribution >= 0.6 is 11.6 Å². The molecular formula is C16H13ClKN4O3. The largest absolute Gasteiger partial charge is 0.480 e. The molecule has 2 aromatic heterocycles. The van der Waals surface area contributed by atoms with Crippen LogP contribution in [0.5, 0.6) is 0 Å². The molecule has 0 atom stereocenters. The van der Waals surface area contributed by atoms with Crippen LogP contribution in [0.25, 0.3) is 22.6 Å². The summed E-state index contributed by atoms with van der Waals surface area (Å²) in [6.07, 6.45) is 1.61. The van der Waals surface area contributed by atoms with Crippen LogP contribution in [0.4, 0.5) is 0 Å². The zero-order chi connectivity index (χ0) is 17.1. The number of carbonyl (C=O) groups excluding carboxylic acids is 1. The monoisotopic (exact) mass is 383 g/mol. The van der Waals surface area contributed by atoms with Gasteiger partial charge in [0.1, 0.15) is 24.4 Å². The molecule has 1 amide bonds. The molecular weight excluding hydrogens is 371 g/mol. The summed E-state index contributed by atoms with van der Waals surface area (Å²) < 4.78 is 1.64. The van der Waals surface area contributed by atoms with E-state index in [1.807, 2.05) is 6.07 Å². The smallest absolute Gasteiger partial charge is 0.322 e. The van der Waals surface area contributed by atoms with E-state index in [0.717, 1.165) is 5.56 Å². The number of carboxylic acids is 1. The van der Waals surface area contributed by atoms with Crippen molar-refractivity contribution >= 4 is 86.0 Å². The predicted molar refractivity (Wildman–Crippen MR) is 94.4 cm³/mol. The second kappa shape index (κ2) is 8.88. The standard InChI is InChI=1S/C16H13ClN4O3.K/c17-11-4-1-3-10(7-11)15-20-12-5-2-6-18-16(12)21(15)9-13(22)19-8-14(23)24;/h1-7H,8-9H2,(H,19,22)(H,23,24);. The zero-order valence-corrected chi connectivity index (χ0v) is 17.3. The molecule has 2 heterocycles. The Balaban J connectivity index is 0.00000225. The Morgan fingerprint density at radius 2 is 2.04 bits per heavy atom. The SMILES string of the molecule is O=C(O)CNC(=O)Cn1c(-c2cccc(Cl)c2)nc2cccnc21.[K]. The van der Waals surface area contributed by atoms with E-state index in [4.69, 9.17) is 16.7 Å². The first-order chi connectivity index (χ1) is 11.5. The number of nitrogens with one attached hydrogen (secondary N) is 1. The van der Waals surface area contributed by atoms with Crippen LogP contribution in [0, 0.1) is 0 Å². The van der Waals surface area contributed by atoms with Gasteiger partial charge < -0.3 is 10.4 Å². The van der Waals surface area contributed by atoms with Gasteiger partial charge in [0, 0.05) is 68.2 Å². The normalized spacial score (nSPS) is 10.3. The van der Waals surface area contributed by atoms with Crippen LogP contribution in [-0.4, -0.2) is 89.4 Å². The molecule has 0 aliphatic carbocycles. The Kier molecular flexibility index (Phi) is 7.11. The molecule has 0 fully saturated rings. The number of pyridine rings is 1. The maximum Gasteiger partial charge on any atom is 0.322 e. The van der Waals surface area contributed by atoms with Gasteiger partial charge in [-0.15, -0.1) is 0 Å². The maximum atomic E-state index is 12.0. The van der Waals surface area contributed by atoms with Gasteiger partial charge in [-0.3, -0.25) is 14.2 Å². The van der Waals surface area contributed by atoms with Crippen molar-refractivity contribution in [2.45, 2.75) is 6.54 Å². The van der Waals surface area contributed by atoms with E-state index >= 15 is 0 Å². The van der Waals surface area contributed by atoms with Crippen LogP contribution < -0.4 is 5.32 Å². The number of carboxylic acid groups (broad SMARTS) is 1. The first-order valence-corrected chi connectivity index (χ1v) is 7.48. The van der Waals surface area contributed by atoms with Crippen LogP contribution in [0.2, 0.25) is 5.02 Å². The first kappa shape index (κ1) is 20.0. The Labute approximate surface area is 190 Å². The number of hydrogen-bond donors (Lipinski definition) is 2. The van der Waals surface area contributed by atoms with Gasteiger partial charge in [0.15, 0.2) is 5.65 Å². The topological polar surface area (TPSA) is 97.1 Å². The molecule has 25 heavy (non-hydrogen) atoms. The minimum Gasteiger partial charge on any atom is -0.480 e. The van der Waals surface area contributed by atoms with Crippen molar-refractivity contribution in [2.24, 2.45) is 0 Å². The molecule has 0 saturated carbocycles. The molecule has 0 aliphatic rings. The third-order valence-corrected chi connectivity index (χ3v) is 3.56. The van der Waals surface area contributed by atoms with Crippen LogP contribution in [0.15, 0.2) is 42.6 Å². The number of halogens is 1. The summed E-state index contributed by atoms with van der Waals surface area (Å²) in [5.41, 5.74) is 1.92.